The number of amides is 1. The number of benzene rings is 2. The zero-order valence-corrected chi connectivity index (χ0v) is 27.3. The number of hydrogen-bond acceptors (Lipinski definition) is 8. The molecule has 4 rings (SSSR count). The van der Waals surface area contributed by atoms with E-state index in [-0.39, 0.29) is 22.3 Å². The van der Waals surface area contributed by atoms with Crippen molar-refractivity contribution in [3.8, 4) is 40.0 Å². The first-order valence-corrected chi connectivity index (χ1v) is 16.9. The molecule has 0 bridgehead atoms. The van der Waals surface area contributed by atoms with Crippen molar-refractivity contribution >= 4 is 25.1 Å². The molecule has 0 radical (unpaired) electrons. The van der Waals surface area contributed by atoms with Crippen LogP contribution in [-0.4, -0.2) is 75.6 Å². The maximum absolute atomic E-state index is 13.1. The third kappa shape index (κ3) is 6.89. The van der Waals surface area contributed by atoms with E-state index in [1.807, 2.05) is 12.1 Å². The lowest BCUT2D eigenvalue weighted by Gasteiger charge is -2.36. The Morgan fingerprint density at radius 1 is 0.930 bits per heavy atom. The monoisotopic (exact) mass is 604 g/mol. The highest BCUT2D eigenvalue weighted by molar-refractivity contribution is 6.74. The van der Waals surface area contributed by atoms with Gasteiger partial charge < -0.3 is 28.5 Å². The fraction of sp³-hybridized carbons (Fsp3) is 0.375. The number of rotatable bonds is 10. The van der Waals surface area contributed by atoms with Gasteiger partial charge in [0.1, 0.15) is 40.6 Å². The highest BCUT2D eigenvalue weighted by atomic mass is 28.4. The van der Waals surface area contributed by atoms with E-state index in [9.17, 15) is 9.59 Å². The summed E-state index contributed by atoms with van der Waals surface area (Å²) in [5.41, 5.74) is 2.32. The molecule has 0 unspecified atom stereocenters. The van der Waals surface area contributed by atoms with Crippen LogP contribution < -0.4 is 19.8 Å². The van der Waals surface area contributed by atoms with Gasteiger partial charge in [0, 0.05) is 37.4 Å². The molecule has 0 aliphatic heterocycles. The van der Waals surface area contributed by atoms with E-state index in [2.05, 4.69) is 43.8 Å². The number of H-pyrrole nitrogens is 1. The van der Waals surface area contributed by atoms with Crippen LogP contribution in [-0.2, 0) is 4.43 Å². The second kappa shape index (κ2) is 12.6. The Morgan fingerprint density at radius 3 is 2.23 bits per heavy atom. The first-order chi connectivity index (χ1) is 20.3. The summed E-state index contributed by atoms with van der Waals surface area (Å²) in [7, 11) is 4.51. The van der Waals surface area contributed by atoms with Crippen molar-refractivity contribution in [2.24, 2.45) is 0 Å². The van der Waals surface area contributed by atoms with Gasteiger partial charge >= 0.3 is 0 Å². The fourth-order valence-corrected chi connectivity index (χ4v) is 5.23. The average molecular weight is 605 g/mol. The lowest BCUT2D eigenvalue weighted by molar-refractivity contribution is 0.0827. The fourth-order valence-electron chi connectivity index (χ4n) is 4.21. The van der Waals surface area contributed by atoms with Gasteiger partial charge in [-0.15, -0.1) is 0 Å². The maximum Gasteiger partial charge on any atom is 0.262 e. The molecule has 2 heterocycles. The summed E-state index contributed by atoms with van der Waals surface area (Å²) in [6.07, 6.45) is 0. The molecule has 10 nitrogen and oxygen atoms in total. The summed E-state index contributed by atoms with van der Waals surface area (Å²) in [4.78, 5) is 39.5. The van der Waals surface area contributed by atoms with E-state index < -0.39 is 8.32 Å². The molecule has 228 valence electrons. The highest BCUT2D eigenvalue weighted by Crippen LogP contribution is 2.37. The molecule has 1 N–H and O–H groups in total. The van der Waals surface area contributed by atoms with Gasteiger partial charge in [-0.25, -0.2) is 9.97 Å². The molecule has 0 atom stereocenters. The number of ether oxygens (including phenoxy) is 3. The third-order valence-corrected chi connectivity index (χ3v) is 12.3. The molecule has 2 aromatic heterocycles. The minimum atomic E-state index is -1.93. The number of carbonyl (C=O) groups is 1. The number of fused-ring (bicyclic) bond motifs is 1. The van der Waals surface area contributed by atoms with Crippen LogP contribution >= 0.6 is 0 Å². The van der Waals surface area contributed by atoms with Crippen LogP contribution in [0.5, 0.6) is 17.2 Å². The van der Waals surface area contributed by atoms with Crippen LogP contribution in [0.25, 0.3) is 33.7 Å². The number of nitrogens with one attached hydrogen (secondary N) is 1. The summed E-state index contributed by atoms with van der Waals surface area (Å²) < 4.78 is 23.3. The molecule has 0 aliphatic rings. The molecule has 43 heavy (non-hydrogen) atoms. The second-order valence-electron chi connectivity index (χ2n) is 11.9. The molecule has 0 spiro atoms. The Kier molecular flexibility index (Phi) is 9.26. The summed E-state index contributed by atoms with van der Waals surface area (Å²) in [6, 6.07) is 14.0. The third-order valence-electron chi connectivity index (χ3n) is 7.72. The first kappa shape index (κ1) is 31.7. The molecule has 4 aromatic rings. The zero-order chi connectivity index (χ0) is 31.5. The molecule has 0 fully saturated rings. The Labute approximate surface area is 253 Å². The predicted octanol–water partition coefficient (Wildman–Crippen LogP) is 5.77. The van der Waals surface area contributed by atoms with Crippen molar-refractivity contribution in [2.45, 2.75) is 38.9 Å². The van der Waals surface area contributed by atoms with Gasteiger partial charge in [0.15, 0.2) is 14.1 Å². The molecule has 0 aliphatic carbocycles. The Balaban J connectivity index is 1.74. The van der Waals surface area contributed by atoms with Crippen LogP contribution in [0.3, 0.4) is 0 Å². The quantitative estimate of drug-likeness (QED) is 0.179. The Bertz CT molecular complexity index is 1680. The van der Waals surface area contributed by atoms with Gasteiger partial charge in [0.05, 0.1) is 26.3 Å². The summed E-state index contributed by atoms with van der Waals surface area (Å²) in [5.74, 6) is 1.59. The molecule has 0 saturated heterocycles. The lowest BCUT2D eigenvalue weighted by Crippen LogP contribution is -2.41. The maximum atomic E-state index is 13.1. The standard InChI is InChI=1S/C32H40N4O6Si/c1-32(2,3)43(8,9)42-17-16-41-25-15-14-23(33-28(25)20-10-12-21(13-11-20)31(38)36(4)5)29-34-24-18-22(39-6)19-26(40-7)27(24)30(37)35-29/h10-15,18-19H,16-17H2,1-9H3,(H,34,35,37). The molecular formula is C32H40N4O6Si. The van der Waals surface area contributed by atoms with E-state index in [0.717, 1.165) is 5.56 Å². The van der Waals surface area contributed by atoms with Crippen LogP contribution in [0.1, 0.15) is 31.1 Å². The molecule has 1 amide bonds. The van der Waals surface area contributed by atoms with E-state index in [1.165, 1.54) is 19.1 Å². The molecular weight excluding hydrogens is 564 g/mol. The number of aromatic amines is 1. The van der Waals surface area contributed by atoms with Gasteiger partial charge in [0.2, 0.25) is 0 Å². The van der Waals surface area contributed by atoms with Gasteiger partial charge in [-0.1, -0.05) is 32.9 Å². The lowest BCUT2D eigenvalue weighted by atomic mass is 10.1. The highest BCUT2D eigenvalue weighted by Gasteiger charge is 2.37. The van der Waals surface area contributed by atoms with E-state index in [1.54, 1.807) is 50.5 Å². The second-order valence-corrected chi connectivity index (χ2v) is 16.7. The predicted molar refractivity (Wildman–Crippen MR) is 171 cm³/mol. The van der Waals surface area contributed by atoms with Gasteiger partial charge in [-0.05, 0) is 42.4 Å². The van der Waals surface area contributed by atoms with Gasteiger partial charge in [-0.3, -0.25) is 9.59 Å². The Morgan fingerprint density at radius 2 is 1.63 bits per heavy atom. The van der Waals surface area contributed by atoms with Crippen molar-refractivity contribution in [1.82, 2.24) is 19.9 Å². The topological polar surface area (TPSA) is 116 Å². The zero-order valence-electron chi connectivity index (χ0n) is 26.3. The first-order valence-electron chi connectivity index (χ1n) is 14.0. The van der Waals surface area contributed by atoms with Gasteiger partial charge in [0.25, 0.3) is 11.5 Å². The van der Waals surface area contributed by atoms with Crippen molar-refractivity contribution in [3.63, 3.8) is 0 Å². The van der Waals surface area contributed by atoms with Gasteiger partial charge in [-0.2, -0.15) is 0 Å². The van der Waals surface area contributed by atoms with Crippen molar-refractivity contribution in [3.05, 3.63) is 64.4 Å². The summed E-state index contributed by atoms with van der Waals surface area (Å²) >= 11 is 0. The summed E-state index contributed by atoms with van der Waals surface area (Å²) in [5, 5.41) is 0.403. The molecule has 11 heteroatoms. The molecule has 0 saturated carbocycles. The van der Waals surface area contributed by atoms with E-state index >= 15 is 0 Å². The number of nitrogens with zero attached hydrogens (tertiary/aromatic N) is 3. The SMILES string of the molecule is COc1cc(OC)c2c(=O)[nH]c(-c3ccc(OCCO[Si](C)(C)C(C)(C)C)c(-c4ccc(C(=O)N(C)C)cc4)n3)nc2c1. The van der Waals surface area contributed by atoms with Crippen molar-refractivity contribution in [2.75, 3.05) is 41.5 Å². The van der Waals surface area contributed by atoms with E-state index in [0.29, 0.717) is 58.3 Å². The molecule has 2 aromatic carbocycles. The van der Waals surface area contributed by atoms with Crippen LogP contribution in [0.2, 0.25) is 18.1 Å². The number of pyridine rings is 1. The number of carbonyl (C=O) groups excluding carboxylic acids is 1. The Hall–Kier alpha value is -4.22. The number of hydrogen-bond donors (Lipinski definition) is 1. The minimum Gasteiger partial charge on any atom is -0.497 e. The van der Waals surface area contributed by atoms with Crippen LogP contribution in [0.4, 0.5) is 0 Å². The average Bonchev–Trinajstić information content (AvgIpc) is 2.97. The number of methoxy groups -OCH3 is 2. The normalized spacial score (nSPS) is 11.8. The van der Waals surface area contributed by atoms with Crippen molar-refractivity contribution < 1.29 is 23.4 Å². The minimum absolute atomic E-state index is 0.0882. The van der Waals surface area contributed by atoms with E-state index in [4.69, 9.17) is 23.6 Å². The largest absolute Gasteiger partial charge is 0.497 e. The number of aromatic nitrogens is 3. The van der Waals surface area contributed by atoms with Crippen LogP contribution in [0.15, 0.2) is 53.3 Å². The smallest absolute Gasteiger partial charge is 0.262 e. The van der Waals surface area contributed by atoms with Crippen molar-refractivity contribution in [1.29, 1.82) is 0 Å². The summed E-state index contributed by atoms with van der Waals surface area (Å²) in [6.45, 7) is 11.8. The van der Waals surface area contributed by atoms with Crippen LogP contribution in [0, 0.1) is 0 Å².